The second kappa shape index (κ2) is 6.25. The highest BCUT2D eigenvalue weighted by molar-refractivity contribution is 7.13. The summed E-state index contributed by atoms with van der Waals surface area (Å²) in [5, 5.41) is 15.3. The lowest BCUT2D eigenvalue weighted by atomic mass is 10.1. The van der Waals surface area contributed by atoms with Crippen molar-refractivity contribution in [1.29, 1.82) is 5.26 Å². The standard InChI is InChI=1S/C16H20N4S/c1-16(2,3)18-10-13-11-21-15(19-13)20(4)14-7-5-12(9-17)6-8-14/h5-8,11,18H,10H2,1-4H3. The molecule has 0 saturated carbocycles. The van der Waals surface area contributed by atoms with Crippen LogP contribution in [0.1, 0.15) is 32.0 Å². The van der Waals surface area contributed by atoms with E-state index in [0.29, 0.717) is 5.56 Å². The molecule has 4 nitrogen and oxygen atoms in total. The number of aromatic nitrogens is 1. The summed E-state index contributed by atoms with van der Waals surface area (Å²) < 4.78 is 0. The zero-order chi connectivity index (χ0) is 15.5. The molecule has 0 unspecified atom stereocenters. The Morgan fingerprint density at radius 2 is 1.95 bits per heavy atom. The molecule has 0 aliphatic carbocycles. The summed E-state index contributed by atoms with van der Waals surface area (Å²) in [7, 11) is 1.99. The fourth-order valence-electron chi connectivity index (χ4n) is 1.76. The Labute approximate surface area is 130 Å². The minimum atomic E-state index is 0.0861. The lowest BCUT2D eigenvalue weighted by Gasteiger charge is -2.19. The van der Waals surface area contributed by atoms with E-state index in [0.717, 1.165) is 23.1 Å². The Bertz CT molecular complexity index is 632. The van der Waals surface area contributed by atoms with Crippen LogP contribution < -0.4 is 10.2 Å². The van der Waals surface area contributed by atoms with E-state index in [1.165, 1.54) is 0 Å². The van der Waals surface area contributed by atoms with Crippen LogP contribution in [0.4, 0.5) is 10.8 Å². The van der Waals surface area contributed by atoms with Crippen molar-refractivity contribution in [2.45, 2.75) is 32.9 Å². The van der Waals surface area contributed by atoms with Crippen LogP contribution in [0.2, 0.25) is 0 Å². The van der Waals surface area contributed by atoms with E-state index in [-0.39, 0.29) is 5.54 Å². The first-order valence-electron chi connectivity index (χ1n) is 6.82. The number of thiazole rings is 1. The van der Waals surface area contributed by atoms with E-state index in [1.807, 2.05) is 36.2 Å². The lowest BCUT2D eigenvalue weighted by molar-refractivity contribution is 0.422. The van der Waals surface area contributed by atoms with Crippen LogP contribution in [0.5, 0.6) is 0 Å². The highest BCUT2D eigenvalue weighted by Crippen LogP contribution is 2.27. The predicted molar refractivity (Wildman–Crippen MR) is 87.9 cm³/mol. The van der Waals surface area contributed by atoms with Crippen molar-refractivity contribution in [3.05, 3.63) is 40.9 Å². The lowest BCUT2D eigenvalue weighted by Crippen LogP contribution is -2.35. The van der Waals surface area contributed by atoms with Crippen molar-refractivity contribution in [3.8, 4) is 6.07 Å². The number of nitrogens with zero attached hydrogens (tertiary/aromatic N) is 3. The number of hydrogen-bond acceptors (Lipinski definition) is 5. The Morgan fingerprint density at radius 1 is 1.29 bits per heavy atom. The molecule has 0 fully saturated rings. The average Bonchev–Trinajstić information content (AvgIpc) is 2.93. The maximum Gasteiger partial charge on any atom is 0.189 e. The molecule has 1 aromatic carbocycles. The van der Waals surface area contributed by atoms with Crippen LogP contribution in [0.25, 0.3) is 0 Å². The molecule has 1 aromatic heterocycles. The van der Waals surface area contributed by atoms with Crippen LogP contribution in [-0.2, 0) is 6.54 Å². The van der Waals surface area contributed by atoms with Crippen molar-refractivity contribution in [2.24, 2.45) is 0 Å². The van der Waals surface area contributed by atoms with Gasteiger partial charge in [0.05, 0.1) is 17.3 Å². The summed E-state index contributed by atoms with van der Waals surface area (Å²) in [5.41, 5.74) is 2.83. The molecule has 1 N–H and O–H groups in total. The minimum absolute atomic E-state index is 0.0861. The largest absolute Gasteiger partial charge is 0.321 e. The molecule has 0 spiro atoms. The summed E-state index contributed by atoms with van der Waals surface area (Å²) in [6.07, 6.45) is 0. The highest BCUT2D eigenvalue weighted by Gasteiger charge is 2.12. The third-order valence-electron chi connectivity index (χ3n) is 3.01. The molecule has 2 rings (SSSR count). The maximum absolute atomic E-state index is 8.83. The quantitative estimate of drug-likeness (QED) is 0.936. The fraction of sp³-hybridized carbons (Fsp3) is 0.375. The number of rotatable bonds is 4. The van der Waals surface area contributed by atoms with Crippen LogP contribution in [0.3, 0.4) is 0 Å². The second-order valence-corrected chi connectivity index (χ2v) is 6.78. The van der Waals surface area contributed by atoms with E-state index in [2.05, 4.69) is 42.5 Å². The number of benzene rings is 1. The molecule has 0 amide bonds. The molecule has 1 heterocycles. The van der Waals surface area contributed by atoms with E-state index < -0.39 is 0 Å². The molecular formula is C16H20N4S. The summed E-state index contributed by atoms with van der Waals surface area (Å²) in [6.45, 7) is 7.19. The molecule has 0 atom stereocenters. The van der Waals surface area contributed by atoms with Gasteiger partial charge < -0.3 is 10.2 Å². The zero-order valence-electron chi connectivity index (χ0n) is 12.8. The number of anilines is 2. The van der Waals surface area contributed by atoms with Crippen LogP contribution in [-0.4, -0.2) is 17.6 Å². The SMILES string of the molecule is CN(c1ccc(C#N)cc1)c1nc(CNC(C)(C)C)cs1. The van der Waals surface area contributed by atoms with Gasteiger partial charge in [0.1, 0.15) is 0 Å². The molecule has 0 aliphatic rings. The number of hydrogen-bond donors (Lipinski definition) is 1. The Hall–Kier alpha value is -1.90. The van der Waals surface area contributed by atoms with E-state index >= 15 is 0 Å². The second-order valence-electron chi connectivity index (χ2n) is 5.94. The van der Waals surface area contributed by atoms with Gasteiger partial charge in [-0.2, -0.15) is 5.26 Å². The molecule has 21 heavy (non-hydrogen) atoms. The van der Waals surface area contributed by atoms with Crippen molar-refractivity contribution in [2.75, 3.05) is 11.9 Å². The van der Waals surface area contributed by atoms with Gasteiger partial charge in [0, 0.05) is 30.2 Å². The predicted octanol–water partition coefficient (Wildman–Crippen LogP) is 3.67. The molecule has 2 aromatic rings. The first-order chi connectivity index (χ1) is 9.89. The monoisotopic (exact) mass is 300 g/mol. The van der Waals surface area contributed by atoms with Gasteiger partial charge in [0.15, 0.2) is 5.13 Å². The molecule has 0 saturated heterocycles. The summed E-state index contributed by atoms with van der Waals surface area (Å²) in [6, 6.07) is 9.64. The topological polar surface area (TPSA) is 52.0 Å². The highest BCUT2D eigenvalue weighted by atomic mass is 32.1. The van der Waals surface area contributed by atoms with E-state index in [4.69, 9.17) is 5.26 Å². The third kappa shape index (κ3) is 4.28. The molecule has 110 valence electrons. The Morgan fingerprint density at radius 3 is 2.52 bits per heavy atom. The van der Waals surface area contributed by atoms with Crippen LogP contribution in [0, 0.1) is 11.3 Å². The molecule has 0 radical (unpaired) electrons. The fourth-order valence-corrected chi connectivity index (χ4v) is 2.57. The summed E-state index contributed by atoms with van der Waals surface area (Å²) in [5.74, 6) is 0. The Balaban J connectivity index is 2.07. The van der Waals surface area contributed by atoms with Gasteiger partial charge in [-0.3, -0.25) is 0 Å². The van der Waals surface area contributed by atoms with Crippen LogP contribution in [0.15, 0.2) is 29.6 Å². The van der Waals surface area contributed by atoms with Gasteiger partial charge in [0.2, 0.25) is 0 Å². The first-order valence-corrected chi connectivity index (χ1v) is 7.70. The van der Waals surface area contributed by atoms with Crippen LogP contribution >= 0.6 is 11.3 Å². The van der Waals surface area contributed by atoms with Gasteiger partial charge in [-0.15, -0.1) is 11.3 Å². The van der Waals surface area contributed by atoms with Crippen molar-refractivity contribution >= 4 is 22.2 Å². The average molecular weight is 300 g/mol. The van der Waals surface area contributed by atoms with Crippen molar-refractivity contribution in [1.82, 2.24) is 10.3 Å². The van der Waals surface area contributed by atoms with Gasteiger partial charge in [-0.05, 0) is 45.0 Å². The molecule has 0 aliphatic heterocycles. The van der Waals surface area contributed by atoms with Crippen molar-refractivity contribution in [3.63, 3.8) is 0 Å². The Kier molecular flexibility index (Phi) is 4.61. The smallest absolute Gasteiger partial charge is 0.189 e. The van der Waals surface area contributed by atoms with Gasteiger partial charge >= 0.3 is 0 Å². The first kappa shape index (κ1) is 15.5. The summed E-state index contributed by atoms with van der Waals surface area (Å²) >= 11 is 1.62. The molecule has 5 heteroatoms. The molecule has 0 bridgehead atoms. The van der Waals surface area contributed by atoms with E-state index in [9.17, 15) is 0 Å². The minimum Gasteiger partial charge on any atom is -0.321 e. The van der Waals surface area contributed by atoms with Gasteiger partial charge in [-0.25, -0.2) is 4.98 Å². The van der Waals surface area contributed by atoms with Gasteiger partial charge in [-0.1, -0.05) is 0 Å². The number of nitrogens with one attached hydrogen (secondary N) is 1. The third-order valence-corrected chi connectivity index (χ3v) is 3.98. The normalized spacial score (nSPS) is 11.2. The molecular weight excluding hydrogens is 280 g/mol. The number of nitriles is 1. The maximum atomic E-state index is 8.83. The van der Waals surface area contributed by atoms with Crippen molar-refractivity contribution < 1.29 is 0 Å². The van der Waals surface area contributed by atoms with Gasteiger partial charge in [0.25, 0.3) is 0 Å². The summed E-state index contributed by atoms with van der Waals surface area (Å²) in [4.78, 5) is 6.68. The van der Waals surface area contributed by atoms with E-state index in [1.54, 1.807) is 11.3 Å². The zero-order valence-corrected chi connectivity index (χ0v) is 13.7.